The Morgan fingerprint density at radius 2 is 1.40 bits per heavy atom. The summed E-state index contributed by atoms with van der Waals surface area (Å²) in [6, 6.07) is 0. The van der Waals surface area contributed by atoms with Crippen LogP contribution in [0.5, 0.6) is 0 Å². The number of hydrogen-bond donors (Lipinski definition) is 0. The summed E-state index contributed by atoms with van der Waals surface area (Å²) < 4.78 is 34.7. The molecule has 0 radical (unpaired) electrons. The van der Waals surface area contributed by atoms with Crippen LogP contribution in [0.4, 0.5) is 13.2 Å². The second-order valence-electron chi connectivity index (χ2n) is 3.78. The van der Waals surface area contributed by atoms with Gasteiger partial charge in [0.15, 0.2) is 0 Å². The first kappa shape index (κ1) is 13.1. The van der Waals surface area contributed by atoms with Crippen LogP contribution in [0.3, 0.4) is 0 Å². The minimum atomic E-state index is -3.99. The van der Waals surface area contributed by atoms with Gasteiger partial charge in [-0.1, -0.05) is 6.32 Å². The van der Waals surface area contributed by atoms with Gasteiger partial charge in [0.05, 0.1) is 0 Å². The molecule has 0 bridgehead atoms. The van der Waals surface area contributed by atoms with Crippen molar-refractivity contribution < 1.29 is 32.0 Å². The molecular weight excluding hydrogens is 135 g/mol. The van der Waals surface area contributed by atoms with Gasteiger partial charge in [-0.3, -0.25) is 0 Å². The van der Waals surface area contributed by atoms with E-state index in [-0.39, 0.29) is 18.9 Å². The van der Waals surface area contributed by atoms with Crippen LogP contribution < -0.4 is 18.9 Å². The van der Waals surface area contributed by atoms with E-state index in [0.717, 1.165) is 0 Å². The summed E-state index contributed by atoms with van der Waals surface area (Å²) in [5.41, 5.74) is 0. The van der Waals surface area contributed by atoms with E-state index in [9.17, 15) is 13.2 Å². The molecule has 0 saturated carbocycles. The maximum Gasteiger partial charge on any atom is 1.00 e. The van der Waals surface area contributed by atoms with Gasteiger partial charge >= 0.3 is 25.0 Å². The maximum atomic E-state index is 11.6. The van der Waals surface area contributed by atoms with Crippen molar-refractivity contribution in [2.24, 2.45) is 0 Å². The topological polar surface area (TPSA) is 0 Å². The van der Waals surface area contributed by atoms with E-state index in [4.69, 9.17) is 0 Å². The van der Waals surface area contributed by atoms with Crippen LogP contribution in [0.2, 0.25) is 26.8 Å². The summed E-state index contributed by atoms with van der Waals surface area (Å²) in [5.74, 6) is 0. The first-order valence-corrected chi connectivity index (χ1v) is 3.06. The molecule has 0 heterocycles. The molecule has 0 aliphatic heterocycles. The molecule has 10 heavy (non-hydrogen) atoms. The standard InChI is InChI=1S/C5H11BF3.Li/c1-6(2,3)4-5(7,8)9;/h4H2,1-3H3;/q-1;+1. The molecule has 56 valence electrons. The largest absolute Gasteiger partial charge is 1.00 e. The second kappa shape index (κ2) is 3.73. The number of hydrogen-bond acceptors (Lipinski definition) is 0. The van der Waals surface area contributed by atoms with Crippen molar-refractivity contribution in [3.63, 3.8) is 0 Å². The average molecular weight is 146 g/mol. The molecule has 0 aromatic rings. The Hall–Kier alpha value is 0.452. The first-order chi connectivity index (χ1) is 3.71. The Morgan fingerprint density at radius 3 is 1.40 bits per heavy atom. The van der Waals surface area contributed by atoms with Crippen molar-refractivity contribution in [3.8, 4) is 0 Å². The Morgan fingerprint density at radius 1 is 1.10 bits per heavy atom. The monoisotopic (exact) mass is 146 g/mol. The van der Waals surface area contributed by atoms with E-state index in [1.807, 2.05) is 0 Å². The molecule has 0 aromatic heterocycles. The predicted molar refractivity (Wildman–Crippen MR) is 34.2 cm³/mol. The molecule has 0 aliphatic rings. The van der Waals surface area contributed by atoms with Crippen LogP contribution in [0, 0.1) is 0 Å². The Balaban J connectivity index is 0. The SMILES string of the molecule is C[B-](C)(C)CC(F)(F)F.[Li+]. The van der Waals surface area contributed by atoms with Gasteiger partial charge in [-0.05, 0) is 0 Å². The van der Waals surface area contributed by atoms with Crippen LogP contribution in [-0.2, 0) is 0 Å². The summed E-state index contributed by atoms with van der Waals surface area (Å²) >= 11 is 0. The fourth-order valence-electron chi connectivity index (χ4n) is 0.694. The smallest absolute Gasteiger partial charge is 0.190 e. The van der Waals surface area contributed by atoms with Gasteiger partial charge in [0.1, 0.15) is 0 Å². The Bertz CT molecular complexity index is 82.0. The van der Waals surface area contributed by atoms with Crippen LogP contribution in [0.1, 0.15) is 0 Å². The molecule has 5 heteroatoms. The molecule has 0 aromatic carbocycles. The zero-order chi connectivity index (χ0) is 7.71. The van der Waals surface area contributed by atoms with Gasteiger partial charge in [0, 0.05) is 6.15 Å². The quantitative estimate of drug-likeness (QED) is 0.452. The van der Waals surface area contributed by atoms with E-state index in [1.54, 1.807) is 20.5 Å². The second-order valence-corrected chi connectivity index (χ2v) is 3.78. The van der Waals surface area contributed by atoms with Crippen molar-refractivity contribution in [1.29, 1.82) is 0 Å². The van der Waals surface area contributed by atoms with Crippen LogP contribution in [0.25, 0.3) is 0 Å². The molecule has 0 spiro atoms. The molecule has 0 N–H and O–H groups in total. The molecule has 0 unspecified atom stereocenters. The zero-order valence-corrected chi connectivity index (χ0v) is 6.92. The van der Waals surface area contributed by atoms with E-state index in [1.165, 1.54) is 0 Å². The predicted octanol–water partition coefficient (Wildman–Crippen LogP) is -0.109. The number of alkyl halides is 3. The van der Waals surface area contributed by atoms with Crippen molar-refractivity contribution >= 4 is 6.15 Å². The molecule has 0 fully saturated rings. The van der Waals surface area contributed by atoms with E-state index in [2.05, 4.69) is 0 Å². The van der Waals surface area contributed by atoms with Gasteiger partial charge in [-0.15, -0.1) is 0 Å². The summed E-state index contributed by atoms with van der Waals surface area (Å²) in [4.78, 5) is 0. The van der Waals surface area contributed by atoms with E-state index in [0.29, 0.717) is 0 Å². The maximum absolute atomic E-state index is 11.6. The van der Waals surface area contributed by atoms with Gasteiger partial charge in [0.2, 0.25) is 0 Å². The third-order valence-electron chi connectivity index (χ3n) is 0.844. The molecule has 0 nitrogen and oxygen atoms in total. The fourth-order valence-corrected chi connectivity index (χ4v) is 0.694. The summed E-state index contributed by atoms with van der Waals surface area (Å²) in [6.07, 6.45) is -5.85. The molecule has 0 aliphatic carbocycles. The third-order valence-corrected chi connectivity index (χ3v) is 0.844. The average Bonchev–Trinajstić information content (AvgIpc) is 1.14. The van der Waals surface area contributed by atoms with E-state index < -0.39 is 18.6 Å². The molecular formula is C5H11BF3Li. The van der Waals surface area contributed by atoms with Gasteiger partial charge in [-0.2, -0.15) is 33.6 Å². The molecule has 0 atom stereocenters. The van der Waals surface area contributed by atoms with Crippen LogP contribution >= 0.6 is 0 Å². The van der Waals surface area contributed by atoms with Crippen molar-refractivity contribution in [3.05, 3.63) is 0 Å². The van der Waals surface area contributed by atoms with Gasteiger partial charge in [-0.25, -0.2) is 0 Å². The fraction of sp³-hybridized carbons (Fsp3) is 1.00. The summed E-state index contributed by atoms with van der Waals surface area (Å²) in [6.45, 7) is 4.90. The van der Waals surface area contributed by atoms with E-state index >= 15 is 0 Å². The zero-order valence-electron chi connectivity index (χ0n) is 6.92. The number of halogens is 3. The normalized spacial score (nSPS) is 12.6. The summed E-state index contributed by atoms with van der Waals surface area (Å²) in [7, 11) is 0. The van der Waals surface area contributed by atoms with Gasteiger partial charge in [0.25, 0.3) is 0 Å². The van der Waals surface area contributed by atoms with Gasteiger partial charge < -0.3 is 0 Å². The Labute approximate surface area is 71.7 Å². The van der Waals surface area contributed by atoms with Crippen LogP contribution in [-0.4, -0.2) is 12.3 Å². The molecule has 0 amide bonds. The minimum Gasteiger partial charge on any atom is -0.190 e. The molecule has 0 saturated heterocycles. The Kier molecular flexibility index (Phi) is 4.88. The van der Waals surface area contributed by atoms with Crippen molar-refractivity contribution in [2.45, 2.75) is 33.0 Å². The van der Waals surface area contributed by atoms with Crippen LogP contribution in [0.15, 0.2) is 0 Å². The minimum absolute atomic E-state index is 0. The summed E-state index contributed by atoms with van der Waals surface area (Å²) in [5, 5.41) is 0. The van der Waals surface area contributed by atoms with Crippen molar-refractivity contribution in [1.82, 2.24) is 0 Å². The molecule has 0 rings (SSSR count). The van der Waals surface area contributed by atoms with Crippen molar-refractivity contribution in [2.75, 3.05) is 0 Å². The number of rotatable bonds is 1. The third kappa shape index (κ3) is 11.3. The first-order valence-electron chi connectivity index (χ1n) is 3.06.